The topological polar surface area (TPSA) is 64.8 Å². The second-order valence-electron chi connectivity index (χ2n) is 7.45. The average molecular weight is 428 g/mol. The third kappa shape index (κ3) is 4.98. The van der Waals surface area contributed by atoms with E-state index in [-0.39, 0.29) is 12.5 Å². The molecule has 0 saturated carbocycles. The van der Waals surface area contributed by atoms with Crippen molar-refractivity contribution in [3.63, 3.8) is 0 Å². The van der Waals surface area contributed by atoms with E-state index in [0.717, 1.165) is 23.0 Å². The lowest BCUT2D eigenvalue weighted by Crippen LogP contribution is -2.24. The number of amides is 1. The molecule has 0 saturated heterocycles. The molecule has 0 atom stereocenters. The molecule has 0 spiro atoms. The van der Waals surface area contributed by atoms with Gasteiger partial charge in [0, 0.05) is 29.2 Å². The molecular weight excluding hydrogens is 402 g/mol. The highest BCUT2D eigenvalue weighted by molar-refractivity contribution is 5.99. The summed E-state index contributed by atoms with van der Waals surface area (Å²) in [5.74, 6) is 0.731. The number of hydrazone groups is 1. The molecule has 0 radical (unpaired) electrons. The van der Waals surface area contributed by atoms with E-state index < -0.39 is 0 Å². The van der Waals surface area contributed by atoms with Crippen LogP contribution in [0.15, 0.2) is 84.1 Å². The maximum Gasteiger partial charge on any atom is 0.277 e. The van der Waals surface area contributed by atoms with Gasteiger partial charge in [-0.2, -0.15) is 5.10 Å². The lowest BCUT2D eigenvalue weighted by molar-refractivity contribution is -0.123. The highest BCUT2D eigenvalue weighted by atomic mass is 16.5. The molecule has 0 aliphatic carbocycles. The van der Waals surface area contributed by atoms with Crippen LogP contribution in [0.5, 0.6) is 11.5 Å². The summed E-state index contributed by atoms with van der Waals surface area (Å²) in [5.41, 5.74) is 7.03. The van der Waals surface area contributed by atoms with Gasteiger partial charge in [-0.05, 0) is 30.7 Å². The maximum absolute atomic E-state index is 12.2. The molecule has 0 aliphatic rings. The van der Waals surface area contributed by atoms with Crippen LogP contribution >= 0.6 is 0 Å². The van der Waals surface area contributed by atoms with Crippen LogP contribution in [-0.4, -0.2) is 30.4 Å². The molecule has 1 amide bonds. The van der Waals surface area contributed by atoms with Crippen LogP contribution in [0, 0.1) is 6.92 Å². The van der Waals surface area contributed by atoms with Crippen LogP contribution in [0.2, 0.25) is 0 Å². The first kappa shape index (κ1) is 21.2. The largest absolute Gasteiger partial charge is 0.493 e. The first-order chi connectivity index (χ1) is 15.6. The number of nitrogens with one attached hydrogen (secondary N) is 1. The zero-order valence-corrected chi connectivity index (χ0v) is 18.1. The van der Waals surface area contributed by atoms with E-state index in [4.69, 9.17) is 9.47 Å². The van der Waals surface area contributed by atoms with Gasteiger partial charge in [0.15, 0.2) is 18.1 Å². The van der Waals surface area contributed by atoms with E-state index in [1.165, 1.54) is 11.1 Å². The Morgan fingerprint density at radius 3 is 2.62 bits per heavy atom. The zero-order chi connectivity index (χ0) is 22.3. The predicted octanol–water partition coefficient (Wildman–Crippen LogP) is 4.54. The minimum atomic E-state index is -0.351. The van der Waals surface area contributed by atoms with Crippen LogP contribution in [-0.2, 0) is 11.3 Å². The fraction of sp³-hybridized carbons (Fsp3) is 0.154. The first-order valence-corrected chi connectivity index (χ1v) is 10.3. The fourth-order valence-electron chi connectivity index (χ4n) is 3.60. The van der Waals surface area contributed by atoms with Crippen molar-refractivity contribution in [3.05, 3.63) is 95.7 Å². The van der Waals surface area contributed by atoms with E-state index >= 15 is 0 Å². The van der Waals surface area contributed by atoms with Crippen LogP contribution in [0.4, 0.5) is 0 Å². The third-order valence-electron chi connectivity index (χ3n) is 5.08. The van der Waals surface area contributed by atoms with E-state index in [1.807, 2.05) is 30.5 Å². The molecule has 0 aliphatic heterocycles. The Balaban J connectivity index is 1.44. The lowest BCUT2D eigenvalue weighted by atomic mass is 10.1. The molecule has 162 valence electrons. The lowest BCUT2D eigenvalue weighted by Gasteiger charge is -2.09. The van der Waals surface area contributed by atoms with Gasteiger partial charge in [-0.25, -0.2) is 5.43 Å². The van der Waals surface area contributed by atoms with E-state index in [9.17, 15) is 4.79 Å². The quantitative estimate of drug-likeness (QED) is 0.332. The smallest absolute Gasteiger partial charge is 0.277 e. The Labute approximate surface area is 187 Å². The predicted molar refractivity (Wildman–Crippen MR) is 126 cm³/mol. The molecule has 32 heavy (non-hydrogen) atoms. The molecule has 6 heteroatoms. The number of fused-ring (bicyclic) bond motifs is 1. The molecule has 1 heterocycles. The number of ether oxygens (including phenoxy) is 2. The number of aryl methyl sites for hydroxylation is 1. The summed E-state index contributed by atoms with van der Waals surface area (Å²) in [6.07, 6.45) is 3.71. The molecule has 4 aromatic rings. The maximum atomic E-state index is 12.2. The van der Waals surface area contributed by atoms with E-state index in [0.29, 0.717) is 11.5 Å². The van der Waals surface area contributed by atoms with Gasteiger partial charge < -0.3 is 14.0 Å². The summed E-state index contributed by atoms with van der Waals surface area (Å²) >= 11 is 0. The molecule has 1 N–H and O–H groups in total. The molecule has 3 aromatic carbocycles. The van der Waals surface area contributed by atoms with Crippen LogP contribution in [0.25, 0.3) is 10.9 Å². The SMILES string of the molecule is COc1ccccc1OCC(=O)NN=Cc1cn(Cc2cccc(C)c2)c2ccccc12. The Kier molecular flexibility index (Phi) is 6.51. The number of nitrogens with zero attached hydrogens (tertiary/aromatic N) is 2. The second kappa shape index (κ2) is 9.83. The molecule has 0 unspecified atom stereocenters. The number of hydrogen-bond acceptors (Lipinski definition) is 4. The van der Waals surface area contributed by atoms with Gasteiger partial charge in [-0.3, -0.25) is 4.79 Å². The average Bonchev–Trinajstić information content (AvgIpc) is 3.15. The summed E-state index contributed by atoms with van der Waals surface area (Å²) in [6.45, 7) is 2.69. The van der Waals surface area contributed by atoms with Crippen LogP contribution in [0.3, 0.4) is 0 Å². The Morgan fingerprint density at radius 2 is 1.81 bits per heavy atom. The summed E-state index contributed by atoms with van der Waals surface area (Å²) in [4.78, 5) is 12.2. The minimum Gasteiger partial charge on any atom is -0.493 e. The fourth-order valence-corrected chi connectivity index (χ4v) is 3.60. The molecule has 0 bridgehead atoms. The number of benzene rings is 3. The van der Waals surface area contributed by atoms with Gasteiger partial charge in [0.1, 0.15) is 0 Å². The summed E-state index contributed by atoms with van der Waals surface area (Å²) in [5, 5.41) is 5.20. The van der Waals surface area contributed by atoms with Gasteiger partial charge in [0.05, 0.1) is 13.3 Å². The molecular formula is C26H25N3O3. The van der Waals surface area contributed by atoms with Crippen molar-refractivity contribution in [2.24, 2.45) is 5.10 Å². The van der Waals surface area contributed by atoms with Gasteiger partial charge in [-0.15, -0.1) is 0 Å². The highest BCUT2D eigenvalue weighted by Gasteiger charge is 2.09. The summed E-state index contributed by atoms with van der Waals surface area (Å²) < 4.78 is 12.9. The standard InChI is InChI=1S/C26H25N3O3/c1-19-8-7-9-20(14-19)16-29-17-21(22-10-3-4-11-23(22)29)15-27-28-26(30)18-32-25-13-6-5-12-24(25)31-2/h3-15,17H,16,18H2,1-2H3,(H,28,30). The normalized spacial score (nSPS) is 11.1. The molecule has 0 fully saturated rings. The Hall–Kier alpha value is -4.06. The van der Waals surface area contributed by atoms with Gasteiger partial charge in [0.2, 0.25) is 0 Å². The Morgan fingerprint density at radius 1 is 1.03 bits per heavy atom. The second-order valence-corrected chi connectivity index (χ2v) is 7.45. The molecule has 1 aromatic heterocycles. The van der Waals surface area contributed by atoms with Crippen LogP contribution in [0.1, 0.15) is 16.7 Å². The number of hydrogen-bond donors (Lipinski definition) is 1. The monoisotopic (exact) mass is 427 g/mol. The van der Waals surface area contributed by atoms with Crippen molar-refractivity contribution in [2.75, 3.05) is 13.7 Å². The Bertz CT molecular complexity index is 1260. The van der Waals surface area contributed by atoms with E-state index in [2.05, 4.69) is 58.4 Å². The number of para-hydroxylation sites is 3. The number of methoxy groups -OCH3 is 1. The van der Waals surface area contributed by atoms with Gasteiger partial charge >= 0.3 is 0 Å². The first-order valence-electron chi connectivity index (χ1n) is 10.3. The van der Waals surface area contributed by atoms with Crippen molar-refractivity contribution < 1.29 is 14.3 Å². The highest BCUT2D eigenvalue weighted by Crippen LogP contribution is 2.25. The summed E-state index contributed by atoms with van der Waals surface area (Å²) in [6, 6.07) is 23.8. The number of carbonyl (C=O) groups excluding carboxylic acids is 1. The van der Waals surface area contributed by atoms with Crippen molar-refractivity contribution in [1.82, 2.24) is 9.99 Å². The number of carbonyl (C=O) groups is 1. The van der Waals surface area contributed by atoms with Crippen molar-refractivity contribution in [2.45, 2.75) is 13.5 Å². The number of rotatable bonds is 8. The third-order valence-corrected chi connectivity index (χ3v) is 5.08. The van der Waals surface area contributed by atoms with E-state index in [1.54, 1.807) is 25.5 Å². The summed E-state index contributed by atoms with van der Waals surface area (Å²) in [7, 11) is 1.56. The van der Waals surface area contributed by atoms with Crippen molar-refractivity contribution in [3.8, 4) is 11.5 Å². The number of aromatic nitrogens is 1. The van der Waals surface area contributed by atoms with Crippen LogP contribution < -0.4 is 14.9 Å². The van der Waals surface area contributed by atoms with Gasteiger partial charge in [0.25, 0.3) is 5.91 Å². The van der Waals surface area contributed by atoms with Gasteiger partial charge in [-0.1, -0.05) is 60.2 Å². The molecule has 4 rings (SSSR count). The minimum absolute atomic E-state index is 0.160. The molecule has 6 nitrogen and oxygen atoms in total. The van der Waals surface area contributed by atoms with Crippen molar-refractivity contribution >= 4 is 23.0 Å². The van der Waals surface area contributed by atoms with Crippen molar-refractivity contribution in [1.29, 1.82) is 0 Å². The zero-order valence-electron chi connectivity index (χ0n) is 18.1.